The second kappa shape index (κ2) is 11.3. The monoisotopic (exact) mass is 596 g/mol. The lowest BCUT2D eigenvalue weighted by atomic mass is 9.97. The molecule has 8 aromatic rings. The first-order valence-electron chi connectivity index (χ1n) is 15.4. The van der Waals surface area contributed by atoms with E-state index in [1.54, 1.807) is 0 Å². The zero-order valence-corrected chi connectivity index (χ0v) is 26.1. The van der Waals surface area contributed by atoms with Gasteiger partial charge in [-0.3, -0.25) is 0 Å². The minimum absolute atomic E-state index is 1.14. The zero-order valence-electron chi connectivity index (χ0n) is 25.3. The van der Waals surface area contributed by atoms with Gasteiger partial charge in [-0.25, -0.2) is 0 Å². The molecule has 0 bridgehead atoms. The Kier molecular flexibility index (Phi) is 6.81. The van der Waals surface area contributed by atoms with Crippen LogP contribution in [0.1, 0.15) is 11.1 Å². The van der Waals surface area contributed by atoms with Gasteiger partial charge in [0.15, 0.2) is 0 Å². The van der Waals surface area contributed by atoms with Crippen LogP contribution in [0.2, 0.25) is 0 Å². The number of aryl methyl sites for hydroxylation is 2. The van der Waals surface area contributed by atoms with Gasteiger partial charge < -0.3 is 9.80 Å². The number of fused-ring (bicyclic) bond motifs is 4. The standard InChI is InChI=1S/C42H32N2S/c1-29-17-9-14-26-36(29)43(31-19-5-3-6-20-31)40-33-23-11-12-24-34(33)41(42-39(40)35-25-13-16-28-38(35)45-42)44(32-21-7-4-8-22-32)37-27-15-10-18-30(37)2/h3-28H,1-2H3. The van der Waals surface area contributed by atoms with Crippen molar-refractivity contribution < 1.29 is 0 Å². The summed E-state index contributed by atoms with van der Waals surface area (Å²) in [5.41, 5.74) is 9.52. The van der Waals surface area contributed by atoms with E-state index in [9.17, 15) is 0 Å². The third-order valence-electron chi connectivity index (χ3n) is 8.67. The van der Waals surface area contributed by atoms with Crippen LogP contribution in [0, 0.1) is 13.8 Å². The van der Waals surface area contributed by atoms with Gasteiger partial charge in [0.05, 0.1) is 16.1 Å². The molecule has 3 heteroatoms. The molecule has 0 fully saturated rings. The fraction of sp³-hybridized carbons (Fsp3) is 0.0476. The topological polar surface area (TPSA) is 6.48 Å². The summed E-state index contributed by atoms with van der Waals surface area (Å²) in [7, 11) is 0. The highest BCUT2D eigenvalue weighted by molar-refractivity contribution is 7.26. The Morgan fingerprint density at radius 3 is 1.38 bits per heavy atom. The summed E-state index contributed by atoms with van der Waals surface area (Å²) in [5.74, 6) is 0. The highest BCUT2D eigenvalue weighted by Crippen LogP contribution is 2.55. The molecule has 1 heterocycles. The fourth-order valence-electron chi connectivity index (χ4n) is 6.61. The van der Waals surface area contributed by atoms with E-state index >= 15 is 0 Å². The molecular formula is C42H32N2S. The number of thiophene rings is 1. The molecule has 216 valence electrons. The van der Waals surface area contributed by atoms with Gasteiger partial charge in [0.25, 0.3) is 0 Å². The molecule has 0 atom stereocenters. The van der Waals surface area contributed by atoms with E-state index in [4.69, 9.17) is 0 Å². The molecule has 7 aromatic carbocycles. The first-order valence-corrected chi connectivity index (χ1v) is 16.2. The molecule has 2 nitrogen and oxygen atoms in total. The quantitative estimate of drug-likeness (QED) is 0.176. The van der Waals surface area contributed by atoms with E-state index < -0.39 is 0 Å². The summed E-state index contributed by atoms with van der Waals surface area (Å²) in [6.45, 7) is 4.42. The van der Waals surface area contributed by atoms with Crippen molar-refractivity contribution in [3.8, 4) is 0 Å². The van der Waals surface area contributed by atoms with Crippen LogP contribution in [0.5, 0.6) is 0 Å². The van der Waals surface area contributed by atoms with Crippen molar-refractivity contribution in [1.82, 2.24) is 0 Å². The predicted octanol–water partition coefficient (Wildman–Crippen LogP) is 12.8. The average molecular weight is 597 g/mol. The third-order valence-corrected chi connectivity index (χ3v) is 9.85. The van der Waals surface area contributed by atoms with Crippen LogP contribution >= 0.6 is 11.3 Å². The number of rotatable bonds is 6. The molecular weight excluding hydrogens is 565 g/mol. The number of hydrogen-bond donors (Lipinski definition) is 0. The van der Waals surface area contributed by atoms with Crippen LogP contribution in [0.15, 0.2) is 158 Å². The van der Waals surface area contributed by atoms with Crippen molar-refractivity contribution in [2.24, 2.45) is 0 Å². The van der Waals surface area contributed by atoms with E-state index in [0.29, 0.717) is 0 Å². The van der Waals surface area contributed by atoms with E-state index in [2.05, 4.69) is 181 Å². The molecule has 1 aromatic heterocycles. The Morgan fingerprint density at radius 1 is 0.400 bits per heavy atom. The Balaban J connectivity index is 1.59. The molecule has 0 N–H and O–H groups in total. The molecule has 0 aliphatic rings. The van der Waals surface area contributed by atoms with Crippen molar-refractivity contribution in [2.75, 3.05) is 9.80 Å². The largest absolute Gasteiger partial charge is 0.309 e. The maximum atomic E-state index is 2.48. The van der Waals surface area contributed by atoms with E-state index in [1.165, 1.54) is 64.8 Å². The van der Waals surface area contributed by atoms with Gasteiger partial charge in [-0.05, 0) is 67.4 Å². The van der Waals surface area contributed by atoms with Gasteiger partial charge in [0.2, 0.25) is 0 Å². The lowest BCUT2D eigenvalue weighted by Gasteiger charge is -2.33. The number of anilines is 6. The highest BCUT2D eigenvalue weighted by Gasteiger charge is 2.28. The van der Waals surface area contributed by atoms with Gasteiger partial charge in [-0.1, -0.05) is 115 Å². The van der Waals surface area contributed by atoms with Gasteiger partial charge in [-0.2, -0.15) is 0 Å². The number of hydrogen-bond acceptors (Lipinski definition) is 3. The summed E-state index contributed by atoms with van der Waals surface area (Å²) in [5, 5.41) is 4.97. The molecule has 45 heavy (non-hydrogen) atoms. The van der Waals surface area contributed by atoms with Gasteiger partial charge in [-0.15, -0.1) is 11.3 Å². The van der Waals surface area contributed by atoms with Crippen molar-refractivity contribution in [3.63, 3.8) is 0 Å². The van der Waals surface area contributed by atoms with Crippen LogP contribution in [0.25, 0.3) is 30.9 Å². The molecule has 0 unspecified atom stereocenters. The summed E-state index contributed by atoms with van der Waals surface area (Å²) < 4.78 is 2.55. The van der Waals surface area contributed by atoms with Crippen LogP contribution in [0.4, 0.5) is 34.1 Å². The Labute approximate surface area is 268 Å². The zero-order chi connectivity index (χ0) is 30.3. The van der Waals surface area contributed by atoms with Crippen LogP contribution < -0.4 is 9.80 Å². The minimum Gasteiger partial charge on any atom is -0.309 e. The molecule has 0 amide bonds. The number of benzene rings is 7. The molecule has 8 rings (SSSR count). The summed E-state index contributed by atoms with van der Waals surface area (Å²) in [6, 6.07) is 56.9. The Morgan fingerprint density at radius 2 is 0.822 bits per heavy atom. The second-order valence-electron chi connectivity index (χ2n) is 11.5. The van der Waals surface area contributed by atoms with Crippen molar-refractivity contribution >= 4 is 76.4 Å². The van der Waals surface area contributed by atoms with Crippen molar-refractivity contribution in [3.05, 3.63) is 169 Å². The summed E-state index contributed by atoms with van der Waals surface area (Å²) >= 11 is 1.88. The lowest BCUT2D eigenvalue weighted by Crippen LogP contribution is -2.15. The van der Waals surface area contributed by atoms with Crippen LogP contribution in [-0.2, 0) is 0 Å². The van der Waals surface area contributed by atoms with Gasteiger partial charge >= 0.3 is 0 Å². The predicted molar refractivity (Wildman–Crippen MR) is 196 cm³/mol. The Hall–Kier alpha value is -5.38. The third kappa shape index (κ3) is 4.56. The van der Waals surface area contributed by atoms with Crippen molar-refractivity contribution in [1.29, 1.82) is 0 Å². The van der Waals surface area contributed by atoms with Crippen molar-refractivity contribution in [2.45, 2.75) is 13.8 Å². The lowest BCUT2D eigenvalue weighted by molar-refractivity contribution is 1.26. The molecule has 0 aliphatic heterocycles. The normalized spacial score (nSPS) is 11.3. The SMILES string of the molecule is Cc1ccccc1N(c1ccccc1)c1c2ccccc2c(N(c2ccccc2)c2ccccc2C)c2c1sc1ccccc12. The molecule has 0 aliphatic carbocycles. The summed E-state index contributed by atoms with van der Waals surface area (Å²) in [6.07, 6.45) is 0. The molecule has 0 saturated carbocycles. The summed E-state index contributed by atoms with van der Waals surface area (Å²) in [4.78, 5) is 4.95. The average Bonchev–Trinajstić information content (AvgIpc) is 3.47. The first-order chi connectivity index (χ1) is 22.2. The molecule has 0 spiro atoms. The second-order valence-corrected chi connectivity index (χ2v) is 12.5. The Bertz CT molecular complexity index is 2300. The number of para-hydroxylation sites is 4. The van der Waals surface area contributed by atoms with Gasteiger partial charge in [0, 0.05) is 49.0 Å². The number of nitrogens with zero attached hydrogens (tertiary/aromatic N) is 2. The van der Waals surface area contributed by atoms with Crippen LogP contribution in [-0.4, -0.2) is 0 Å². The maximum Gasteiger partial charge on any atom is 0.0720 e. The molecule has 0 radical (unpaired) electrons. The minimum atomic E-state index is 1.14. The van der Waals surface area contributed by atoms with Crippen LogP contribution in [0.3, 0.4) is 0 Å². The van der Waals surface area contributed by atoms with Gasteiger partial charge in [0.1, 0.15) is 0 Å². The van der Waals surface area contributed by atoms with E-state index in [0.717, 1.165) is 11.4 Å². The highest BCUT2D eigenvalue weighted by atomic mass is 32.1. The van der Waals surface area contributed by atoms with E-state index in [1.807, 2.05) is 11.3 Å². The smallest absolute Gasteiger partial charge is 0.0720 e. The first kappa shape index (κ1) is 27.2. The molecule has 0 saturated heterocycles. The van der Waals surface area contributed by atoms with E-state index in [-0.39, 0.29) is 0 Å². The maximum absolute atomic E-state index is 2.48. The fourth-order valence-corrected chi connectivity index (χ4v) is 7.87.